The van der Waals surface area contributed by atoms with Crippen LogP contribution in [0.25, 0.3) is 0 Å². The third-order valence-corrected chi connectivity index (χ3v) is 3.94. The Bertz CT molecular complexity index is 867. The molecule has 0 radical (unpaired) electrons. The summed E-state index contributed by atoms with van der Waals surface area (Å²) in [5.41, 5.74) is -3.00. The molecule has 2 aromatic carbocycles. The lowest BCUT2D eigenvalue weighted by atomic mass is 9.81. The maximum absolute atomic E-state index is 12.5. The SMILES string of the molecule is O=C1NC(=O)C(c2ccc(O)c(O)c2O)(c2ccc(O)c(O)c2O)N1. The molecule has 1 fully saturated rings. The van der Waals surface area contributed by atoms with E-state index in [0.717, 1.165) is 24.3 Å². The number of nitrogens with one attached hydrogen (secondary N) is 2. The molecule has 0 aromatic heterocycles. The Hall–Kier alpha value is -3.82. The molecule has 3 amide bonds. The molecule has 8 N–H and O–H groups in total. The summed E-state index contributed by atoms with van der Waals surface area (Å²) in [6, 6.07) is 3.03. The van der Waals surface area contributed by atoms with Gasteiger partial charge in [0.05, 0.1) is 0 Å². The van der Waals surface area contributed by atoms with E-state index in [1.165, 1.54) is 0 Å². The molecule has 0 aliphatic carbocycles. The summed E-state index contributed by atoms with van der Waals surface area (Å²) in [6.45, 7) is 0. The van der Waals surface area contributed by atoms with Gasteiger partial charge in [0.1, 0.15) is 0 Å². The number of phenolic OH excluding ortho intramolecular Hbond substituents is 6. The Kier molecular flexibility index (Phi) is 3.27. The van der Waals surface area contributed by atoms with Crippen LogP contribution >= 0.6 is 0 Å². The Morgan fingerprint density at radius 2 is 1.12 bits per heavy atom. The molecule has 0 atom stereocenters. The van der Waals surface area contributed by atoms with Gasteiger partial charge in [-0.3, -0.25) is 10.1 Å². The Morgan fingerprint density at radius 1 is 0.680 bits per heavy atom. The van der Waals surface area contributed by atoms with E-state index in [4.69, 9.17) is 0 Å². The van der Waals surface area contributed by atoms with Crippen LogP contribution in [0.3, 0.4) is 0 Å². The van der Waals surface area contributed by atoms with Crippen molar-refractivity contribution in [2.24, 2.45) is 0 Å². The molecule has 10 nitrogen and oxygen atoms in total. The monoisotopic (exact) mass is 348 g/mol. The number of rotatable bonds is 2. The van der Waals surface area contributed by atoms with Crippen LogP contribution in [0.2, 0.25) is 0 Å². The summed E-state index contributed by atoms with van der Waals surface area (Å²) in [5.74, 6) is -6.15. The minimum atomic E-state index is -2.23. The number of hydrogen-bond donors (Lipinski definition) is 8. The summed E-state index contributed by atoms with van der Waals surface area (Å²) in [5, 5.41) is 62.8. The highest BCUT2D eigenvalue weighted by molar-refractivity contribution is 6.10. The van der Waals surface area contributed by atoms with Crippen LogP contribution < -0.4 is 10.6 Å². The number of hydrogen-bond acceptors (Lipinski definition) is 8. The number of carbonyl (C=O) groups is 2. The van der Waals surface area contributed by atoms with E-state index < -0.39 is 52.0 Å². The number of aromatic hydroxyl groups is 6. The van der Waals surface area contributed by atoms with Gasteiger partial charge < -0.3 is 36.0 Å². The summed E-state index contributed by atoms with van der Waals surface area (Å²) in [4.78, 5) is 24.2. The molecule has 0 bridgehead atoms. The van der Waals surface area contributed by atoms with E-state index in [1.54, 1.807) is 0 Å². The molecule has 3 rings (SSSR count). The minimum absolute atomic E-state index is 0.383. The van der Waals surface area contributed by atoms with Crippen LogP contribution in [0.5, 0.6) is 34.5 Å². The lowest BCUT2D eigenvalue weighted by molar-refractivity contribution is -0.123. The first-order valence-electron chi connectivity index (χ1n) is 6.82. The average molecular weight is 348 g/mol. The van der Waals surface area contributed by atoms with Crippen molar-refractivity contribution in [3.63, 3.8) is 0 Å². The van der Waals surface area contributed by atoms with Gasteiger partial charge in [-0.2, -0.15) is 0 Å². The summed E-state index contributed by atoms with van der Waals surface area (Å²) in [6.07, 6.45) is 0. The quantitative estimate of drug-likeness (QED) is 0.276. The molecular weight excluding hydrogens is 336 g/mol. The molecule has 1 aliphatic rings. The number of urea groups is 1. The van der Waals surface area contributed by atoms with Crippen molar-refractivity contribution in [3.05, 3.63) is 35.4 Å². The molecule has 25 heavy (non-hydrogen) atoms. The van der Waals surface area contributed by atoms with Gasteiger partial charge in [0.15, 0.2) is 28.5 Å². The van der Waals surface area contributed by atoms with Crippen molar-refractivity contribution in [1.82, 2.24) is 10.6 Å². The van der Waals surface area contributed by atoms with Crippen molar-refractivity contribution in [2.75, 3.05) is 0 Å². The van der Waals surface area contributed by atoms with Gasteiger partial charge in [-0.05, 0) is 24.3 Å². The van der Waals surface area contributed by atoms with Crippen LogP contribution in [0.4, 0.5) is 4.79 Å². The number of amides is 3. The summed E-state index contributed by atoms with van der Waals surface area (Å²) >= 11 is 0. The van der Waals surface area contributed by atoms with Crippen molar-refractivity contribution < 1.29 is 40.2 Å². The minimum Gasteiger partial charge on any atom is -0.504 e. The average Bonchev–Trinajstić information content (AvgIpc) is 2.85. The molecule has 1 aliphatic heterocycles. The predicted octanol–water partition coefficient (Wildman–Crippen LogP) is 0.00320. The Labute approximate surface area is 139 Å². The first kappa shape index (κ1) is 16.1. The van der Waals surface area contributed by atoms with Gasteiger partial charge in [-0.15, -0.1) is 0 Å². The van der Waals surface area contributed by atoms with E-state index in [-0.39, 0.29) is 11.1 Å². The third kappa shape index (κ3) is 2.04. The summed E-state index contributed by atoms with van der Waals surface area (Å²) in [7, 11) is 0. The normalized spacial score (nSPS) is 15.7. The maximum Gasteiger partial charge on any atom is 0.322 e. The van der Waals surface area contributed by atoms with Crippen molar-refractivity contribution in [2.45, 2.75) is 5.54 Å². The fourth-order valence-electron chi connectivity index (χ4n) is 2.72. The smallest absolute Gasteiger partial charge is 0.322 e. The highest BCUT2D eigenvalue weighted by Gasteiger charge is 2.53. The maximum atomic E-state index is 12.5. The molecule has 130 valence electrons. The summed E-state index contributed by atoms with van der Waals surface area (Å²) < 4.78 is 0. The van der Waals surface area contributed by atoms with Crippen molar-refractivity contribution in [3.8, 4) is 34.5 Å². The molecule has 0 saturated carbocycles. The van der Waals surface area contributed by atoms with Gasteiger partial charge in [-0.25, -0.2) is 4.79 Å². The van der Waals surface area contributed by atoms with E-state index in [1.807, 2.05) is 5.32 Å². The zero-order chi connectivity index (χ0) is 18.5. The topological polar surface area (TPSA) is 180 Å². The largest absolute Gasteiger partial charge is 0.504 e. The molecule has 0 spiro atoms. The highest BCUT2D eigenvalue weighted by Crippen LogP contribution is 2.49. The van der Waals surface area contributed by atoms with Crippen LogP contribution in [-0.2, 0) is 10.3 Å². The van der Waals surface area contributed by atoms with Crippen molar-refractivity contribution >= 4 is 11.9 Å². The van der Waals surface area contributed by atoms with E-state index in [9.17, 15) is 40.2 Å². The van der Waals surface area contributed by atoms with Gasteiger partial charge in [0.2, 0.25) is 11.5 Å². The lowest BCUT2D eigenvalue weighted by Gasteiger charge is -2.29. The second kappa shape index (κ2) is 5.09. The van der Waals surface area contributed by atoms with Gasteiger partial charge in [0.25, 0.3) is 5.91 Å². The number of phenols is 6. The van der Waals surface area contributed by atoms with Crippen LogP contribution in [0.15, 0.2) is 24.3 Å². The number of imide groups is 1. The second-order valence-electron chi connectivity index (χ2n) is 5.32. The van der Waals surface area contributed by atoms with E-state index >= 15 is 0 Å². The Morgan fingerprint density at radius 3 is 1.48 bits per heavy atom. The third-order valence-electron chi connectivity index (χ3n) is 3.94. The van der Waals surface area contributed by atoms with Gasteiger partial charge >= 0.3 is 6.03 Å². The predicted molar refractivity (Wildman–Crippen MR) is 80.3 cm³/mol. The Balaban J connectivity index is 2.39. The van der Waals surface area contributed by atoms with Crippen LogP contribution in [-0.4, -0.2) is 42.6 Å². The van der Waals surface area contributed by atoms with Crippen LogP contribution in [0, 0.1) is 0 Å². The zero-order valence-corrected chi connectivity index (χ0v) is 12.3. The molecule has 1 saturated heterocycles. The first-order valence-corrected chi connectivity index (χ1v) is 6.82. The first-order chi connectivity index (χ1) is 11.7. The van der Waals surface area contributed by atoms with E-state index in [0.29, 0.717) is 0 Å². The highest BCUT2D eigenvalue weighted by atomic mass is 16.3. The standard InChI is InChI=1S/C15H12N2O8/c18-7-3-1-5(9(20)11(7)22)15(13(24)16-14(25)17-15)6-2-4-8(19)12(23)10(6)21/h1-4,18-23H,(H2,16,17,24,25). The van der Waals surface area contributed by atoms with Gasteiger partial charge in [0, 0.05) is 11.1 Å². The molecule has 2 aromatic rings. The zero-order valence-electron chi connectivity index (χ0n) is 12.3. The molecule has 10 heteroatoms. The second-order valence-corrected chi connectivity index (χ2v) is 5.32. The molecular formula is C15H12N2O8. The van der Waals surface area contributed by atoms with Crippen molar-refractivity contribution in [1.29, 1.82) is 0 Å². The number of carbonyl (C=O) groups excluding carboxylic acids is 2. The fraction of sp³-hybridized carbons (Fsp3) is 0.0667. The molecule has 1 heterocycles. The fourth-order valence-corrected chi connectivity index (χ4v) is 2.72. The van der Waals surface area contributed by atoms with Gasteiger partial charge in [-0.1, -0.05) is 0 Å². The lowest BCUT2D eigenvalue weighted by Crippen LogP contribution is -2.45. The van der Waals surface area contributed by atoms with E-state index in [2.05, 4.69) is 5.32 Å². The molecule has 0 unspecified atom stereocenters. The van der Waals surface area contributed by atoms with Crippen LogP contribution in [0.1, 0.15) is 11.1 Å². The number of benzene rings is 2.